The molecule has 0 aliphatic rings. The van der Waals surface area contributed by atoms with Crippen LogP contribution in [0.1, 0.15) is 15.9 Å². The lowest BCUT2D eigenvalue weighted by Gasteiger charge is -2.05. The molecule has 2 aromatic carbocycles. The number of nitrogens with one attached hydrogen (secondary N) is 1. The third-order valence-electron chi connectivity index (χ3n) is 2.82. The van der Waals surface area contributed by atoms with Crippen molar-refractivity contribution in [3.05, 3.63) is 71.8 Å². The quantitative estimate of drug-likeness (QED) is 0.692. The summed E-state index contributed by atoms with van der Waals surface area (Å²) in [6, 6.07) is 16.2. The van der Waals surface area contributed by atoms with Gasteiger partial charge in [0.25, 0.3) is 5.91 Å². The summed E-state index contributed by atoms with van der Waals surface area (Å²) in [5, 5.41) is 2.81. The molecule has 0 aromatic heterocycles. The van der Waals surface area contributed by atoms with Gasteiger partial charge in [-0.25, -0.2) is 4.79 Å². The minimum Gasteiger partial charge on any atom is -0.466 e. The number of rotatable bonds is 4. The first-order chi connectivity index (χ1) is 10.2. The summed E-state index contributed by atoms with van der Waals surface area (Å²) in [6.45, 7) is 0. The second-order valence-electron chi connectivity index (χ2n) is 4.30. The maximum Gasteiger partial charge on any atom is 0.330 e. The zero-order valence-electron chi connectivity index (χ0n) is 11.6. The van der Waals surface area contributed by atoms with E-state index >= 15 is 0 Å². The first kappa shape index (κ1) is 14.5. The third kappa shape index (κ3) is 4.31. The van der Waals surface area contributed by atoms with Gasteiger partial charge in [0.05, 0.1) is 7.11 Å². The van der Waals surface area contributed by atoms with Crippen LogP contribution >= 0.6 is 0 Å². The van der Waals surface area contributed by atoms with Gasteiger partial charge in [0.15, 0.2) is 0 Å². The van der Waals surface area contributed by atoms with Gasteiger partial charge in [-0.3, -0.25) is 4.79 Å². The van der Waals surface area contributed by atoms with Gasteiger partial charge < -0.3 is 10.1 Å². The molecular formula is C17H15NO3. The average Bonchev–Trinajstić information content (AvgIpc) is 2.54. The second kappa shape index (κ2) is 7.05. The van der Waals surface area contributed by atoms with Crippen molar-refractivity contribution in [3.63, 3.8) is 0 Å². The summed E-state index contributed by atoms with van der Waals surface area (Å²) in [5.41, 5.74) is 2.14. The molecule has 0 aliphatic carbocycles. The molecule has 0 aliphatic heterocycles. The van der Waals surface area contributed by atoms with E-state index in [0.717, 1.165) is 5.56 Å². The van der Waals surface area contributed by atoms with Crippen molar-refractivity contribution in [1.29, 1.82) is 0 Å². The molecule has 4 nitrogen and oxygen atoms in total. The van der Waals surface area contributed by atoms with E-state index < -0.39 is 5.97 Å². The van der Waals surface area contributed by atoms with E-state index in [2.05, 4.69) is 10.1 Å². The van der Waals surface area contributed by atoms with Crippen LogP contribution in [-0.4, -0.2) is 19.0 Å². The first-order valence-corrected chi connectivity index (χ1v) is 6.41. The lowest BCUT2D eigenvalue weighted by Crippen LogP contribution is -2.11. The molecule has 0 unspecified atom stereocenters. The number of hydrogen-bond donors (Lipinski definition) is 1. The minimum atomic E-state index is -0.406. The molecule has 0 saturated carbocycles. The predicted octanol–water partition coefficient (Wildman–Crippen LogP) is 3.13. The molecule has 21 heavy (non-hydrogen) atoms. The van der Waals surface area contributed by atoms with Crippen molar-refractivity contribution in [2.75, 3.05) is 12.4 Å². The highest BCUT2D eigenvalue weighted by Crippen LogP contribution is 2.12. The van der Waals surface area contributed by atoms with E-state index in [1.165, 1.54) is 13.2 Å². The van der Waals surface area contributed by atoms with Crippen LogP contribution in [0.3, 0.4) is 0 Å². The molecule has 1 amide bonds. The summed E-state index contributed by atoms with van der Waals surface area (Å²) >= 11 is 0. The molecule has 2 rings (SSSR count). The lowest BCUT2D eigenvalue weighted by atomic mass is 10.1. The van der Waals surface area contributed by atoms with Crippen LogP contribution in [0.2, 0.25) is 0 Å². The number of ether oxygens (including phenoxy) is 1. The molecule has 0 radical (unpaired) electrons. The normalized spacial score (nSPS) is 10.3. The second-order valence-corrected chi connectivity index (χ2v) is 4.30. The summed E-state index contributed by atoms with van der Waals surface area (Å²) in [5.74, 6) is -0.565. The number of hydrogen-bond acceptors (Lipinski definition) is 3. The van der Waals surface area contributed by atoms with Crippen LogP contribution in [0.4, 0.5) is 5.69 Å². The Hall–Kier alpha value is -2.88. The van der Waals surface area contributed by atoms with Crippen molar-refractivity contribution in [3.8, 4) is 0 Å². The third-order valence-corrected chi connectivity index (χ3v) is 2.82. The summed E-state index contributed by atoms with van der Waals surface area (Å²) in [6.07, 6.45) is 2.99. The molecule has 2 aromatic rings. The highest BCUT2D eigenvalue weighted by Gasteiger charge is 2.04. The predicted molar refractivity (Wildman–Crippen MR) is 81.9 cm³/mol. The summed E-state index contributed by atoms with van der Waals surface area (Å²) in [7, 11) is 1.33. The van der Waals surface area contributed by atoms with E-state index in [9.17, 15) is 9.59 Å². The molecule has 0 heterocycles. The topological polar surface area (TPSA) is 55.4 Å². The zero-order valence-corrected chi connectivity index (χ0v) is 11.6. The van der Waals surface area contributed by atoms with Crippen LogP contribution in [0.5, 0.6) is 0 Å². The van der Waals surface area contributed by atoms with E-state index in [4.69, 9.17) is 0 Å². The maximum absolute atomic E-state index is 12.0. The molecule has 0 fully saturated rings. The van der Waals surface area contributed by atoms with E-state index in [1.54, 1.807) is 42.5 Å². The van der Waals surface area contributed by atoms with Crippen molar-refractivity contribution in [2.45, 2.75) is 0 Å². The van der Waals surface area contributed by atoms with Gasteiger partial charge in [-0.2, -0.15) is 0 Å². The van der Waals surface area contributed by atoms with Gasteiger partial charge in [0.1, 0.15) is 0 Å². The smallest absolute Gasteiger partial charge is 0.330 e. The number of anilines is 1. The molecule has 106 valence electrons. The van der Waals surface area contributed by atoms with Crippen molar-refractivity contribution < 1.29 is 14.3 Å². The molecule has 1 N–H and O–H groups in total. The number of methoxy groups -OCH3 is 1. The Morgan fingerprint density at radius 1 is 1.00 bits per heavy atom. The van der Waals surface area contributed by atoms with Gasteiger partial charge in [0.2, 0.25) is 0 Å². The van der Waals surface area contributed by atoms with Gasteiger partial charge in [-0.1, -0.05) is 30.3 Å². The van der Waals surface area contributed by atoms with Crippen LogP contribution in [0, 0.1) is 0 Å². The van der Waals surface area contributed by atoms with Crippen LogP contribution < -0.4 is 5.32 Å². The first-order valence-electron chi connectivity index (χ1n) is 6.41. The van der Waals surface area contributed by atoms with Crippen molar-refractivity contribution in [1.82, 2.24) is 0 Å². The fourth-order valence-corrected chi connectivity index (χ4v) is 1.70. The van der Waals surface area contributed by atoms with Crippen molar-refractivity contribution in [2.24, 2.45) is 0 Å². The average molecular weight is 281 g/mol. The fourth-order valence-electron chi connectivity index (χ4n) is 1.70. The van der Waals surface area contributed by atoms with Gasteiger partial charge in [-0.15, -0.1) is 0 Å². The largest absolute Gasteiger partial charge is 0.466 e. The highest BCUT2D eigenvalue weighted by atomic mass is 16.5. The lowest BCUT2D eigenvalue weighted by molar-refractivity contribution is -0.134. The monoisotopic (exact) mass is 281 g/mol. The number of carbonyl (C=O) groups is 2. The SMILES string of the molecule is COC(=O)/C=C/c1ccc(NC(=O)c2ccccc2)cc1. The molecule has 0 bridgehead atoms. The standard InChI is InChI=1S/C17H15NO3/c1-21-16(19)12-9-13-7-10-15(11-8-13)18-17(20)14-5-3-2-4-6-14/h2-12H,1H3,(H,18,20)/b12-9+. The Bertz CT molecular complexity index is 645. The Kier molecular flexibility index (Phi) is 4.88. The van der Waals surface area contributed by atoms with Gasteiger partial charge in [-0.05, 0) is 35.9 Å². The molecule has 0 saturated heterocycles. The van der Waals surface area contributed by atoms with Crippen LogP contribution in [-0.2, 0) is 9.53 Å². The molecule has 0 spiro atoms. The van der Waals surface area contributed by atoms with E-state index in [0.29, 0.717) is 11.3 Å². The number of benzene rings is 2. The minimum absolute atomic E-state index is 0.159. The van der Waals surface area contributed by atoms with Crippen LogP contribution in [0.25, 0.3) is 6.08 Å². The fraction of sp³-hybridized carbons (Fsp3) is 0.0588. The number of esters is 1. The summed E-state index contributed by atoms with van der Waals surface area (Å²) < 4.78 is 4.51. The number of carbonyl (C=O) groups excluding carboxylic acids is 2. The Morgan fingerprint density at radius 2 is 1.67 bits per heavy atom. The Morgan fingerprint density at radius 3 is 2.29 bits per heavy atom. The van der Waals surface area contributed by atoms with E-state index in [1.807, 2.05) is 18.2 Å². The van der Waals surface area contributed by atoms with E-state index in [-0.39, 0.29) is 5.91 Å². The molecule has 0 atom stereocenters. The molecular weight excluding hydrogens is 266 g/mol. The summed E-state index contributed by atoms with van der Waals surface area (Å²) in [4.78, 5) is 23.0. The Balaban J connectivity index is 2.01. The van der Waals surface area contributed by atoms with Gasteiger partial charge in [0, 0.05) is 17.3 Å². The zero-order chi connectivity index (χ0) is 15.1. The Labute approximate surface area is 123 Å². The highest BCUT2D eigenvalue weighted by molar-refractivity contribution is 6.04. The maximum atomic E-state index is 12.0. The van der Waals surface area contributed by atoms with Gasteiger partial charge >= 0.3 is 5.97 Å². The number of amides is 1. The molecule has 4 heteroatoms. The van der Waals surface area contributed by atoms with Crippen LogP contribution in [0.15, 0.2) is 60.7 Å². The van der Waals surface area contributed by atoms with Crippen molar-refractivity contribution >= 4 is 23.6 Å².